The highest BCUT2D eigenvalue weighted by Crippen LogP contribution is 2.11. The van der Waals surface area contributed by atoms with Gasteiger partial charge in [-0.25, -0.2) is 0 Å². The standard InChI is InChI=1S/C6H12NSi/c1-4-6(5-7)8(2)3/h6H,4H2,1-3H3. The van der Waals surface area contributed by atoms with Gasteiger partial charge in [-0.05, 0) is 6.42 Å². The first-order valence-corrected chi connectivity index (χ1v) is 5.49. The summed E-state index contributed by atoms with van der Waals surface area (Å²) in [5.41, 5.74) is 0.361. The van der Waals surface area contributed by atoms with Gasteiger partial charge in [-0.2, -0.15) is 5.26 Å². The molecule has 1 nitrogen and oxygen atoms in total. The van der Waals surface area contributed by atoms with Gasteiger partial charge in [0.05, 0.1) is 14.9 Å². The number of nitriles is 1. The van der Waals surface area contributed by atoms with Gasteiger partial charge in [-0.15, -0.1) is 0 Å². The van der Waals surface area contributed by atoms with Crippen molar-refractivity contribution in [2.24, 2.45) is 0 Å². The summed E-state index contributed by atoms with van der Waals surface area (Å²) in [6, 6.07) is 2.30. The normalized spacial score (nSPS) is 13.4. The average Bonchev–Trinajstić information content (AvgIpc) is 1.69. The molecule has 2 heteroatoms. The number of hydrogen-bond acceptors (Lipinski definition) is 1. The van der Waals surface area contributed by atoms with E-state index < -0.39 is 0 Å². The zero-order chi connectivity index (χ0) is 6.57. The molecule has 0 aromatic carbocycles. The monoisotopic (exact) mass is 126 g/mol. The Morgan fingerprint density at radius 3 is 2.12 bits per heavy atom. The maximum atomic E-state index is 8.47. The van der Waals surface area contributed by atoms with Crippen LogP contribution in [0.2, 0.25) is 18.6 Å². The molecule has 8 heavy (non-hydrogen) atoms. The zero-order valence-electron chi connectivity index (χ0n) is 5.73. The second-order valence-corrected chi connectivity index (χ2v) is 5.02. The van der Waals surface area contributed by atoms with E-state index in [9.17, 15) is 0 Å². The molecular weight excluding hydrogens is 114 g/mol. The Hall–Kier alpha value is -0.293. The minimum Gasteiger partial charge on any atom is -0.198 e. The molecule has 0 rings (SSSR count). The number of hydrogen-bond donors (Lipinski definition) is 0. The summed E-state index contributed by atoms with van der Waals surface area (Å²) < 4.78 is 0. The van der Waals surface area contributed by atoms with Gasteiger partial charge in [-0.3, -0.25) is 0 Å². The molecule has 0 aliphatic heterocycles. The summed E-state index contributed by atoms with van der Waals surface area (Å²) in [6.45, 7) is 6.44. The van der Waals surface area contributed by atoms with Crippen LogP contribution >= 0.6 is 0 Å². The fraction of sp³-hybridized carbons (Fsp3) is 0.833. The highest BCUT2D eigenvalue weighted by molar-refractivity contribution is 6.58. The van der Waals surface area contributed by atoms with Crippen LogP contribution in [0.4, 0.5) is 0 Å². The van der Waals surface area contributed by atoms with Crippen LogP contribution in [0.15, 0.2) is 0 Å². The van der Waals surface area contributed by atoms with Gasteiger partial charge in [0.2, 0.25) is 0 Å². The van der Waals surface area contributed by atoms with E-state index in [0.717, 1.165) is 6.42 Å². The van der Waals surface area contributed by atoms with Gasteiger partial charge in [0.25, 0.3) is 0 Å². The van der Waals surface area contributed by atoms with Crippen molar-refractivity contribution >= 4 is 8.80 Å². The van der Waals surface area contributed by atoms with Crippen LogP contribution in [-0.4, -0.2) is 8.80 Å². The minimum absolute atomic E-state index is 0.336. The van der Waals surface area contributed by atoms with Gasteiger partial charge in [0.15, 0.2) is 0 Å². The maximum Gasteiger partial charge on any atom is 0.0625 e. The second kappa shape index (κ2) is 3.68. The number of rotatable bonds is 2. The van der Waals surface area contributed by atoms with Crippen LogP contribution in [0.5, 0.6) is 0 Å². The van der Waals surface area contributed by atoms with Crippen LogP contribution in [0, 0.1) is 11.3 Å². The van der Waals surface area contributed by atoms with Crippen LogP contribution in [-0.2, 0) is 0 Å². The van der Waals surface area contributed by atoms with Gasteiger partial charge in [0.1, 0.15) is 0 Å². The van der Waals surface area contributed by atoms with Crippen molar-refractivity contribution in [3.05, 3.63) is 0 Å². The molecule has 45 valence electrons. The number of nitrogens with zero attached hydrogens (tertiary/aromatic N) is 1. The maximum absolute atomic E-state index is 8.47. The topological polar surface area (TPSA) is 23.8 Å². The molecule has 0 saturated heterocycles. The lowest BCUT2D eigenvalue weighted by Gasteiger charge is -2.05. The third-order valence-corrected chi connectivity index (χ3v) is 3.19. The van der Waals surface area contributed by atoms with E-state index in [-0.39, 0.29) is 8.80 Å². The molecule has 0 aromatic rings. The fourth-order valence-electron chi connectivity index (χ4n) is 0.629. The van der Waals surface area contributed by atoms with Gasteiger partial charge in [-0.1, -0.05) is 20.0 Å². The molecule has 0 amide bonds. The van der Waals surface area contributed by atoms with E-state index in [1.54, 1.807) is 0 Å². The predicted molar refractivity (Wildman–Crippen MR) is 37.1 cm³/mol. The Morgan fingerprint density at radius 2 is 2.12 bits per heavy atom. The van der Waals surface area contributed by atoms with Gasteiger partial charge in [0, 0.05) is 5.54 Å². The smallest absolute Gasteiger partial charge is 0.0625 e. The summed E-state index contributed by atoms with van der Waals surface area (Å²) in [7, 11) is -0.336. The molecule has 0 bridgehead atoms. The van der Waals surface area contributed by atoms with Crippen molar-refractivity contribution < 1.29 is 0 Å². The van der Waals surface area contributed by atoms with Gasteiger partial charge >= 0.3 is 0 Å². The molecule has 1 atom stereocenters. The average molecular weight is 126 g/mol. The van der Waals surface area contributed by atoms with E-state index in [2.05, 4.69) is 26.1 Å². The third-order valence-electron chi connectivity index (χ3n) is 1.26. The van der Waals surface area contributed by atoms with Crippen molar-refractivity contribution in [2.45, 2.75) is 32.0 Å². The van der Waals surface area contributed by atoms with Crippen LogP contribution in [0.3, 0.4) is 0 Å². The SMILES string of the molecule is CCC(C#N)[Si](C)C. The molecular formula is C6H12NSi. The van der Waals surface area contributed by atoms with E-state index in [1.807, 2.05) is 0 Å². The van der Waals surface area contributed by atoms with Crippen molar-refractivity contribution in [3.8, 4) is 6.07 Å². The summed E-state index contributed by atoms with van der Waals surface area (Å²) in [4.78, 5) is 0. The lowest BCUT2D eigenvalue weighted by atomic mass is 10.4. The summed E-state index contributed by atoms with van der Waals surface area (Å²) in [5, 5.41) is 8.47. The Morgan fingerprint density at radius 1 is 1.62 bits per heavy atom. The van der Waals surface area contributed by atoms with Gasteiger partial charge < -0.3 is 0 Å². The Kier molecular flexibility index (Phi) is 3.54. The Balaban J connectivity index is 3.57. The summed E-state index contributed by atoms with van der Waals surface area (Å²) >= 11 is 0. The van der Waals surface area contributed by atoms with E-state index in [0.29, 0.717) is 5.54 Å². The van der Waals surface area contributed by atoms with Crippen LogP contribution in [0.1, 0.15) is 13.3 Å². The largest absolute Gasteiger partial charge is 0.198 e. The first-order chi connectivity index (χ1) is 3.72. The molecule has 1 radical (unpaired) electrons. The molecule has 0 aliphatic carbocycles. The first-order valence-electron chi connectivity index (χ1n) is 2.92. The van der Waals surface area contributed by atoms with Crippen LogP contribution < -0.4 is 0 Å². The quantitative estimate of drug-likeness (QED) is 0.519. The van der Waals surface area contributed by atoms with Crippen molar-refractivity contribution in [1.82, 2.24) is 0 Å². The molecule has 0 saturated carbocycles. The lowest BCUT2D eigenvalue weighted by Crippen LogP contribution is -2.08. The van der Waals surface area contributed by atoms with E-state index >= 15 is 0 Å². The molecule has 0 aliphatic rings. The third kappa shape index (κ3) is 2.13. The van der Waals surface area contributed by atoms with E-state index in [1.165, 1.54) is 0 Å². The van der Waals surface area contributed by atoms with Crippen molar-refractivity contribution in [1.29, 1.82) is 5.26 Å². The second-order valence-electron chi connectivity index (χ2n) is 2.17. The Labute approximate surface area is 52.9 Å². The lowest BCUT2D eigenvalue weighted by molar-refractivity contribution is 0.941. The highest BCUT2D eigenvalue weighted by Gasteiger charge is 2.09. The Bertz CT molecular complexity index is 93.2. The molecule has 0 aromatic heterocycles. The zero-order valence-corrected chi connectivity index (χ0v) is 6.73. The molecule has 1 unspecified atom stereocenters. The van der Waals surface area contributed by atoms with Crippen LogP contribution in [0.25, 0.3) is 0 Å². The molecule has 0 spiro atoms. The predicted octanol–water partition coefficient (Wildman–Crippen LogP) is 2.04. The minimum atomic E-state index is -0.336. The first kappa shape index (κ1) is 7.71. The van der Waals surface area contributed by atoms with E-state index in [4.69, 9.17) is 5.26 Å². The molecule has 0 N–H and O–H groups in total. The van der Waals surface area contributed by atoms with Crippen molar-refractivity contribution in [3.63, 3.8) is 0 Å². The highest BCUT2D eigenvalue weighted by atomic mass is 28.3. The summed E-state index contributed by atoms with van der Waals surface area (Å²) in [5.74, 6) is 0. The molecule has 0 heterocycles. The van der Waals surface area contributed by atoms with Crippen molar-refractivity contribution in [2.75, 3.05) is 0 Å². The molecule has 0 fully saturated rings. The summed E-state index contributed by atoms with van der Waals surface area (Å²) in [6.07, 6.45) is 1.03. The fourth-order valence-corrected chi connectivity index (χ4v) is 1.70.